The van der Waals surface area contributed by atoms with Crippen LogP contribution in [0.1, 0.15) is 16.7 Å². The lowest BCUT2D eigenvalue weighted by molar-refractivity contribution is -0.384. The summed E-state index contributed by atoms with van der Waals surface area (Å²) in [6, 6.07) is 19.0. The Kier molecular flexibility index (Phi) is 5.53. The first-order valence-electron chi connectivity index (χ1n) is 9.23. The van der Waals surface area contributed by atoms with Crippen LogP contribution in [-0.2, 0) is 16.1 Å². The average Bonchev–Trinajstić information content (AvgIpc) is 3.13. The zero-order chi connectivity index (χ0) is 21.8. The highest BCUT2D eigenvalue weighted by molar-refractivity contribution is 6.12. The molecule has 0 saturated carbocycles. The van der Waals surface area contributed by atoms with Gasteiger partial charge in [-0.2, -0.15) is 0 Å². The summed E-state index contributed by atoms with van der Waals surface area (Å²) in [5, 5.41) is 10.7. The maximum Gasteiger partial charge on any atom is 0.363 e. The van der Waals surface area contributed by atoms with Gasteiger partial charge in [0.2, 0.25) is 5.90 Å². The molecule has 1 aliphatic rings. The van der Waals surface area contributed by atoms with Crippen LogP contribution in [0.15, 0.2) is 83.5 Å². The van der Waals surface area contributed by atoms with Gasteiger partial charge in [-0.05, 0) is 53.6 Å². The van der Waals surface area contributed by atoms with Gasteiger partial charge >= 0.3 is 5.97 Å². The van der Waals surface area contributed by atoms with E-state index in [0.717, 1.165) is 5.56 Å². The first kappa shape index (κ1) is 20.0. The molecule has 7 nitrogen and oxygen atoms in total. The van der Waals surface area contributed by atoms with Crippen LogP contribution in [0.2, 0.25) is 0 Å². The van der Waals surface area contributed by atoms with E-state index in [1.165, 1.54) is 36.4 Å². The van der Waals surface area contributed by atoms with Crippen molar-refractivity contribution in [2.24, 2.45) is 4.99 Å². The predicted molar refractivity (Wildman–Crippen MR) is 111 cm³/mol. The fraction of sp³-hybridized carbons (Fsp3) is 0.0435. The molecular formula is C23H15FN2O5. The Bertz CT molecular complexity index is 1200. The number of nitro groups is 1. The zero-order valence-corrected chi connectivity index (χ0v) is 16.0. The van der Waals surface area contributed by atoms with Gasteiger partial charge in [0.05, 0.1) is 10.5 Å². The highest BCUT2D eigenvalue weighted by Gasteiger charge is 2.25. The Balaban J connectivity index is 1.43. The molecule has 3 aromatic rings. The van der Waals surface area contributed by atoms with Crippen LogP contribution in [0, 0.1) is 15.9 Å². The van der Waals surface area contributed by atoms with Crippen LogP contribution in [0.3, 0.4) is 0 Å². The van der Waals surface area contributed by atoms with Gasteiger partial charge in [-0.3, -0.25) is 10.1 Å². The SMILES string of the molecule is O=C1OC(c2ccccc2F)=N/C1=C\c1ccc(OCc2ccc([N+](=O)[O-])cc2)cc1. The van der Waals surface area contributed by atoms with Gasteiger partial charge in [-0.25, -0.2) is 14.2 Å². The summed E-state index contributed by atoms with van der Waals surface area (Å²) in [5.74, 6) is -0.663. The molecule has 154 valence electrons. The van der Waals surface area contributed by atoms with E-state index in [1.807, 2.05) is 0 Å². The summed E-state index contributed by atoms with van der Waals surface area (Å²) in [6.07, 6.45) is 1.54. The number of carbonyl (C=O) groups excluding carboxylic acids is 1. The average molecular weight is 418 g/mol. The number of rotatable bonds is 6. The number of non-ortho nitro benzene ring substituents is 1. The van der Waals surface area contributed by atoms with Crippen LogP contribution in [0.25, 0.3) is 6.08 Å². The van der Waals surface area contributed by atoms with Gasteiger partial charge in [0.15, 0.2) is 5.70 Å². The number of ether oxygens (including phenoxy) is 2. The zero-order valence-electron chi connectivity index (χ0n) is 16.0. The Labute approximate surface area is 176 Å². The number of nitrogens with zero attached hydrogens (tertiary/aromatic N) is 2. The van der Waals surface area contributed by atoms with Crippen LogP contribution < -0.4 is 4.74 Å². The van der Waals surface area contributed by atoms with E-state index in [1.54, 1.807) is 42.5 Å². The van der Waals surface area contributed by atoms with E-state index >= 15 is 0 Å². The minimum absolute atomic E-state index is 0.0207. The van der Waals surface area contributed by atoms with Gasteiger partial charge in [0, 0.05) is 12.1 Å². The van der Waals surface area contributed by atoms with Crippen LogP contribution >= 0.6 is 0 Å². The third-order valence-electron chi connectivity index (χ3n) is 4.46. The standard InChI is InChI=1S/C23H15FN2O5/c24-20-4-2-1-3-19(20)22-25-21(23(27)31-22)13-15-7-11-18(12-8-15)30-14-16-5-9-17(10-6-16)26(28)29/h1-13H,14H2/b21-13-. The van der Waals surface area contributed by atoms with Gasteiger partial charge in [-0.15, -0.1) is 0 Å². The molecule has 0 radical (unpaired) electrons. The van der Waals surface area contributed by atoms with Crippen molar-refractivity contribution < 1.29 is 23.6 Å². The molecule has 0 aromatic heterocycles. The maximum absolute atomic E-state index is 13.9. The number of carbonyl (C=O) groups is 1. The Morgan fingerprint density at radius 3 is 2.42 bits per heavy atom. The summed E-state index contributed by atoms with van der Waals surface area (Å²) in [6.45, 7) is 0.251. The first-order chi connectivity index (χ1) is 15.0. The second-order valence-electron chi connectivity index (χ2n) is 6.60. The molecular weight excluding hydrogens is 403 g/mol. The first-order valence-corrected chi connectivity index (χ1v) is 9.23. The van der Waals surface area contributed by atoms with E-state index < -0.39 is 16.7 Å². The molecule has 3 aromatic carbocycles. The third kappa shape index (κ3) is 4.64. The Morgan fingerprint density at radius 2 is 1.74 bits per heavy atom. The normalized spacial score (nSPS) is 14.3. The molecule has 8 heteroatoms. The largest absolute Gasteiger partial charge is 0.489 e. The molecule has 1 heterocycles. The van der Waals surface area contributed by atoms with Crippen molar-refractivity contribution in [1.29, 1.82) is 0 Å². The fourth-order valence-corrected chi connectivity index (χ4v) is 2.86. The molecule has 0 saturated heterocycles. The number of aliphatic imine (C=N–C) groups is 1. The quantitative estimate of drug-likeness (QED) is 0.251. The molecule has 0 spiro atoms. The number of hydrogen-bond donors (Lipinski definition) is 0. The van der Waals surface area contributed by atoms with Crippen molar-refractivity contribution in [1.82, 2.24) is 0 Å². The molecule has 0 N–H and O–H groups in total. The van der Waals surface area contributed by atoms with E-state index in [2.05, 4.69) is 4.99 Å². The van der Waals surface area contributed by atoms with Crippen molar-refractivity contribution in [3.05, 3.63) is 111 Å². The van der Waals surface area contributed by atoms with E-state index in [9.17, 15) is 19.3 Å². The monoisotopic (exact) mass is 418 g/mol. The van der Waals surface area contributed by atoms with Crippen molar-refractivity contribution in [2.45, 2.75) is 6.61 Å². The van der Waals surface area contributed by atoms with Crippen molar-refractivity contribution >= 4 is 23.6 Å². The Hall–Kier alpha value is -4.33. The van der Waals surface area contributed by atoms with Gasteiger partial charge in [0.25, 0.3) is 5.69 Å². The summed E-state index contributed by atoms with van der Waals surface area (Å²) >= 11 is 0. The van der Waals surface area contributed by atoms with Crippen molar-refractivity contribution in [2.75, 3.05) is 0 Å². The van der Waals surface area contributed by atoms with Gasteiger partial charge in [0.1, 0.15) is 18.2 Å². The molecule has 31 heavy (non-hydrogen) atoms. The summed E-state index contributed by atoms with van der Waals surface area (Å²) in [7, 11) is 0. The number of cyclic esters (lactones) is 1. The number of esters is 1. The molecule has 0 atom stereocenters. The lowest BCUT2D eigenvalue weighted by Crippen LogP contribution is -2.07. The molecule has 0 amide bonds. The lowest BCUT2D eigenvalue weighted by atomic mass is 10.2. The molecule has 0 fully saturated rings. The van der Waals surface area contributed by atoms with Crippen LogP contribution in [0.5, 0.6) is 5.75 Å². The molecule has 1 aliphatic heterocycles. The highest BCUT2D eigenvalue weighted by atomic mass is 19.1. The summed E-state index contributed by atoms with van der Waals surface area (Å²) in [4.78, 5) is 26.4. The second kappa shape index (κ2) is 8.58. The van der Waals surface area contributed by atoms with E-state index in [4.69, 9.17) is 9.47 Å². The number of hydrogen-bond acceptors (Lipinski definition) is 6. The molecule has 4 rings (SSSR count). The maximum atomic E-state index is 13.9. The van der Waals surface area contributed by atoms with Gasteiger partial charge in [-0.1, -0.05) is 24.3 Å². The smallest absolute Gasteiger partial charge is 0.363 e. The molecule has 0 bridgehead atoms. The number of halogens is 1. The topological polar surface area (TPSA) is 91.0 Å². The number of nitro benzene ring substituents is 1. The number of benzene rings is 3. The molecule has 0 unspecified atom stereocenters. The second-order valence-corrected chi connectivity index (χ2v) is 6.60. The third-order valence-corrected chi connectivity index (χ3v) is 4.46. The van der Waals surface area contributed by atoms with Crippen LogP contribution in [-0.4, -0.2) is 16.8 Å². The molecule has 0 aliphatic carbocycles. The van der Waals surface area contributed by atoms with E-state index in [-0.39, 0.29) is 29.5 Å². The van der Waals surface area contributed by atoms with Crippen molar-refractivity contribution in [3.8, 4) is 5.75 Å². The predicted octanol–water partition coefficient (Wildman–Crippen LogP) is 4.66. The van der Waals surface area contributed by atoms with Crippen molar-refractivity contribution in [3.63, 3.8) is 0 Å². The lowest BCUT2D eigenvalue weighted by Gasteiger charge is -2.06. The fourth-order valence-electron chi connectivity index (χ4n) is 2.86. The minimum Gasteiger partial charge on any atom is -0.489 e. The van der Waals surface area contributed by atoms with E-state index in [0.29, 0.717) is 11.3 Å². The Morgan fingerprint density at radius 1 is 1.03 bits per heavy atom. The van der Waals surface area contributed by atoms with Gasteiger partial charge < -0.3 is 9.47 Å². The summed E-state index contributed by atoms with van der Waals surface area (Å²) in [5.41, 5.74) is 1.69. The minimum atomic E-state index is -0.656. The summed E-state index contributed by atoms with van der Waals surface area (Å²) < 4.78 is 24.6. The van der Waals surface area contributed by atoms with Crippen LogP contribution in [0.4, 0.5) is 10.1 Å². The highest BCUT2D eigenvalue weighted by Crippen LogP contribution is 2.22.